The van der Waals surface area contributed by atoms with Gasteiger partial charge in [-0.2, -0.15) is 0 Å². The minimum absolute atomic E-state index is 0.336. The molecule has 1 heteroatoms. The predicted molar refractivity (Wildman–Crippen MR) is 118 cm³/mol. The second-order valence-corrected chi connectivity index (χ2v) is 7.03. The van der Waals surface area contributed by atoms with Crippen LogP contribution in [0.2, 0.25) is 0 Å². The Balaban J connectivity index is 2.76. The monoisotopic (exact) mass is 351 g/mol. The van der Waals surface area contributed by atoms with Gasteiger partial charge in [0.05, 0.1) is 0 Å². The molecule has 0 saturated carbocycles. The van der Waals surface area contributed by atoms with Gasteiger partial charge in [-0.25, -0.2) is 0 Å². The molecule has 0 aliphatic heterocycles. The van der Waals surface area contributed by atoms with Crippen LogP contribution in [0.3, 0.4) is 0 Å². The standard InChI is InChI=1S/C25H37N/c1-7-11-12-15-20(5)26-21(6)18-19-23(9-3)24(10-4)25-17-14-13-16-22(25)8-2/h8-10,12-13,15-16,19,21-22,25-26H,2-3,5,7,11,14,17-18H2,1,4,6H3/b15-12-,23-19+,24-10-/t21?,22-,25?/m1/s1. The smallest absolute Gasteiger partial charge is 0.0267 e. The van der Waals surface area contributed by atoms with Crippen molar-refractivity contribution in [2.45, 2.75) is 58.9 Å². The average Bonchev–Trinajstić information content (AvgIpc) is 2.65. The summed E-state index contributed by atoms with van der Waals surface area (Å²) in [7, 11) is 0. The van der Waals surface area contributed by atoms with Crippen molar-refractivity contribution in [2.24, 2.45) is 11.8 Å². The van der Waals surface area contributed by atoms with Crippen LogP contribution in [-0.4, -0.2) is 6.04 Å². The molecule has 0 aromatic rings. The molecule has 0 bridgehead atoms. The van der Waals surface area contributed by atoms with E-state index in [1.54, 1.807) is 0 Å². The Morgan fingerprint density at radius 3 is 2.73 bits per heavy atom. The zero-order chi connectivity index (χ0) is 19.4. The molecular formula is C25H37N. The van der Waals surface area contributed by atoms with Gasteiger partial charge in [-0.05, 0) is 62.7 Å². The summed E-state index contributed by atoms with van der Waals surface area (Å²) >= 11 is 0. The fourth-order valence-corrected chi connectivity index (χ4v) is 3.49. The number of nitrogens with one attached hydrogen (secondary N) is 1. The third kappa shape index (κ3) is 7.07. The fourth-order valence-electron chi connectivity index (χ4n) is 3.49. The van der Waals surface area contributed by atoms with E-state index >= 15 is 0 Å². The quantitative estimate of drug-likeness (QED) is 0.310. The Labute approximate surface area is 161 Å². The van der Waals surface area contributed by atoms with Crippen LogP contribution >= 0.6 is 0 Å². The van der Waals surface area contributed by atoms with Crippen molar-refractivity contribution in [2.75, 3.05) is 0 Å². The van der Waals surface area contributed by atoms with Gasteiger partial charge < -0.3 is 5.32 Å². The van der Waals surface area contributed by atoms with Crippen molar-refractivity contribution >= 4 is 0 Å². The third-order valence-corrected chi connectivity index (χ3v) is 4.90. The van der Waals surface area contributed by atoms with E-state index in [2.05, 4.69) is 88.4 Å². The van der Waals surface area contributed by atoms with Crippen LogP contribution in [0.1, 0.15) is 52.9 Å². The summed E-state index contributed by atoms with van der Waals surface area (Å²) in [5.41, 5.74) is 3.62. The summed E-state index contributed by atoms with van der Waals surface area (Å²) in [5, 5.41) is 3.47. The first-order valence-electron chi connectivity index (χ1n) is 9.97. The van der Waals surface area contributed by atoms with E-state index in [0.717, 1.165) is 25.0 Å². The molecule has 1 aliphatic carbocycles. The molecule has 142 valence electrons. The number of hydrogen-bond acceptors (Lipinski definition) is 1. The van der Waals surface area contributed by atoms with E-state index in [1.165, 1.54) is 24.0 Å². The molecule has 0 aromatic heterocycles. The predicted octanol–water partition coefficient (Wildman–Crippen LogP) is 7.05. The second kappa shape index (κ2) is 12.4. The van der Waals surface area contributed by atoms with Crippen molar-refractivity contribution in [3.63, 3.8) is 0 Å². The Bertz CT molecular complexity index is 585. The van der Waals surface area contributed by atoms with Crippen molar-refractivity contribution in [1.82, 2.24) is 5.32 Å². The van der Waals surface area contributed by atoms with Crippen LogP contribution in [-0.2, 0) is 0 Å². The molecule has 0 fully saturated rings. The molecule has 0 radical (unpaired) electrons. The van der Waals surface area contributed by atoms with E-state index in [4.69, 9.17) is 0 Å². The molecule has 26 heavy (non-hydrogen) atoms. The Morgan fingerprint density at radius 1 is 1.35 bits per heavy atom. The highest BCUT2D eigenvalue weighted by atomic mass is 14.9. The SMILES string of the molecule is C=CC(=C\CC(C)NC(=C)/C=C\CCC)/C(=C/C)C1CCC=C[C@H]1C=C. The van der Waals surface area contributed by atoms with Crippen LogP contribution in [0, 0.1) is 11.8 Å². The topological polar surface area (TPSA) is 12.0 Å². The first-order chi connectivity index (χ1) is 12.6. The molecule has 0 spiro atoms. The lowest BCUT2D eigenvalue weighted by Crippen LogP contribution is -2.23. The zero-order valence-electron chi connectivity index (χ0n) is 17.0. The largest absolute Gasteiger partial charge is 0.383 e. The average molecular weight is 352 g/mol. The van der Waals surface area contributed by atoms with E-state index < -0.39 is 0 Å². The van der Waals surface area contributed by atoms with E-state index in [1.807, 2.05) is 6.08 Å². The molecule has 0 saturated heterocycles. The van der Waals surface area contributed by atoms with Gasteiger partial charge in [0.15, 0.2) is 0 Å². The highest BCUT2D eigenvalue weighted by Gasteiger charge is 2.23. The lowest BCUT2D eigenvalue weighted by molar-refractivity contribution is 0.476. The van der Waals surface area contributed by atoms with Gasteiger partial charge in [-0.3, -0.25) is 0 Å². The first-order valence-corrected chi connectivity index (χ1v) is 9.97. The molecule has 0 aromatic carbocycles. The van der Waals surface area contributed by atoms with Crippen LogP contribution in [0.15, 0.2) is 85.2 Å². The molecule has 1 aliphatic rings. The lowest BCUT2D eigenvalue weighted by atomic mass is 9.76. The van der Waals surface area contributed by atoms with Crippen molar-refractivity contribution in [3.8, 4) is 0 Å². The van der Waals surface area contributed by atoms with Gasteiger partial charge in [0, 0.05) is 17.7 Å². The summed E-state index contributed by atoms with van der Waals surface area (Å²) < 4.78 is 0. The molecule has 0 amide bonds. The van der Waals surface area contributed by atoms with Crippen molar-refractivity contribution < 1.29 is 0 Å². The summed E-state index contributed by atoms with van der Waals surface area (Å²) in [5.74, 6) is 0.916. The summed E-state index contributed by atoms with van der Waals surface area (Å²) in [6.45, 7) is 18.7. The molecule has 1 nitrogen and oxygen atoms in total. The minimum Gasteiger partial charge on any atom is -0.383 e. The lowest BCUT2D eigenvalue weighted by Gasteiger charge is -2.29. The van der Waals surface area contributed by atoms with Gasteiger partial charge in [0.25, 0.3) is 0 Å². The highest BCUT2D eigenvalue weighted by molar-refractivity contribution is 5.42. The van der Waals surface area contributed by atoms with E-state index in [0.29, 0.717) is 17.9 Å². The molecule has 0 heterocycles. The number of rotatable bonds is 11. The van der Waals surface area contributed by atoms with Gasteiger partial charge in [0.2, 0.25) is 0 Å². The summed E-state index contributed by atoms with van der Waals surface area (Å²) in [4.78, 5) is 0. The minimum atomic E-state index is 0.336. The Hall–Kier alpha value is -2.02. The number of allylic oxidation sites excluding steroid dienone is 9. The molecule has 3 atom stereocenters. The Morgan fingerprint density at radius 2 is 2.12 bits per heavy atom. The van der Waals surface area contributed by atoms with E-state index in [9.17, 15) is 0 Å². The normalized spacial score (nSPS) is 22.3. The van der Waals surface area contributed by atoms with Crippen LogP contribution in [0.25, 0.3) is 0 Å². The first kappa shape index (κ1) is 22.0. The number of unbranched alkanes of at least 4 members (excludes halogenated alkanes) is 1. The van der Waals surface area contributed by atoms with Gasteiger partial charge in [-0.15, -0.1) is 6.58 Å². The van der Waals surface area contributed by atoms with Crippen LogP contribution in [0.4, 0.5) is 0 Å². The maximum atomic E-state index is 4.09. The highest BCUT2D eigenvalue weighted by Crippen LogP contribution is 2.35. The molecule has 2 unspecified atom stereocenters. The van der Waals surface area contributed by atoms with Crippen LogP contribution < -0.4 is 5.32 Å². The van der Waals surface area contributed by atoms with Crippen LogP contribution in [0.5, 0.6) is 0 Å². The third-order valence-electron chi connectivity index (χ3n) is 4.90. The van der Waals surface area contributed by atoms with Gasteiger partial charge >= 0.3 is 0 Å². The maximum absolute atomic E-state index is 4.09. The fraction of sp³-hybridized carbons (Fsp3) is 0.440. The van der Waals surface area contributed by atoms with Gasteiger partial charge in [0.1, 0.15) is 0 Å². The Kier molecular flexibility index (Phi) is 10.5. The zero-order valence-corrected chi connectivity index (χ0v) is 17.0. The molecule has 1 rings (SSSR count). The van der Waals surface area contributed by atoms with Crippen molar-refractivity contribution in [3.05, 3.63) is 85.2 Å². The summed E-state index contributed by atoms with van der Waals surface area (Å²) in [6.07, 6.45) is 23.0. The second-order valence-electron chi connectivity index (χ2n) is 7.03. The molecule has 1 N–H and O–H groups in total. The van der Waals surface area contributed by atoms with Gasteiger partial charge in [-0.1, -0.05) is 69.0 Å². The number of hydrogen-bond donors (Lipinski definition) is 1. The maximum Gasteiger partial charge on any atom is 0.0267 e. The molecular weight excluding hydrogens is 314 g/mol. The van der Waals surface area contributed by atoms with Crippen molar-refractivity contribution in [1.29, 1.82) is 0 Å². The van der Waals surface area contributed by atoms with E-state index in [-0.39, 0.29) is 0 Å². The summed E-state index contributed by atoms with van der Waals surface area (Å²) in [6, 6.07) is 0.336.